The smallest absolute Gasteiger partial charge is 0.0279 e. The van der Waals surface area contributed by atoms with E-state index in [1.165, 1.54) is 56.1 Å². The highest BCUT2D eigenvalue weighted by Gasteiger charge is 1.95. The molecule has 0 spiro atoms. The van der Waals surface area contributed by atoms with Gasteiger partial charge in [0.05, 0.1) is 0 Å². The molecule has 0 heterocycles. The molecule has 1 aromatic rings. The van der Waals surface area contributed by atoms with E-state index in [9.17, 15) is 0 Å². The fourth-order valence-corrected chi connectivity index (χ4v) is 2.04. The van der Waals surface area contributed by atoms with Crippen LogP contribution in [0.1, 0.15) is 56.6 Å². The molecule has 0 bridgehead atoms. The first-order valence-electron chi connectivity index (χ1n) is 6.98. The van der Waals surface area contributed by atoms with Crippen LogP contribution in [0.25, 0.3) is 0 Å². The zero-order valence-corrected chi connectivity index (χ0v) is 11.1. The van der Waals surface area contributed by atoms with Gasteiger partial charge in [-0.15, -0.1) is 0 Å². The third kappa shape index (κ3) is 6.31. The van der Waals surface area contributed by atoms with Gasteiger partial charge in [-0.1, -0.05) is 56.7 Å². The molecule has 0 aliphatic rings. The Morgan fingerprint density at radius 1 is 0.882 bits per heavy atom. The number of allylic oxidation sites excluding steroid dienone is 1. The first kappa shape index (κ1) is 14.0. The van der Waals surface area contributed by atoms with Crippen LogP contribution in [0.3, 0.4) is 0 Å². The molecule has 1 radical (unpaired) electrons. The van der Waals surface area contributed by atoms with Crippen LogP contribution in [-0.4, -0.2) is 0 Å². The largest absolute Gasteiger partial charge is 0.0845 e. The van der Waals surface area contributed by atoms with Gasteiger partial charge in [-0.25, -0.2) is 0 Å². The number of hydrogen-bond donors (Lipinski definition) is 0. The maximum Gasteiger partial charge on any atom is -0.0279 e. The van der Waals surface area contributed by atoms with Gasteiger partial charge in [0.15, 0.2) is 0 Å². The van der Waals surface area contributed by atoms with Gasteiger partial charge < -0.3 is 0 Å². The van der Waals surface area contributed by atoms with Gasteiger partial charge >= 0.3 is 0 Å². The summed E-state index contributed by atoms with van der Waals surface area (Å²) in [4.78, 5) is 0. The molecule has 1 aromatic carbocycles. The molecule has 0 fully saturated rings. The minimum atomic E-state index is 1.04. The summed E-state index contributed by atoms with van der Waals surface area (Å²) < 4.78 is 0. The molecule has 0 aliphatic heterocycles. The summed E-state index contributed by atoms with van der Waals surface area (Å²) in [5, 5.41) is 0. The van der Waals surface area contributed by atoms with E-state index >= 15 is 0 Å². The van der Waals surface area contributed by atoms with Crippen molar-refractivity contribution in [2.75, 3.05) is 0 Å². The average molecular weight is 229 g/mol. The van der Waals surface area contributed by atoms with Gasteiger partial charge in [-0.3, -0.25) is 0 Å². The van der Waals surface area contributed by atoms with Crippen LogP contribution in [0.5, 0.6) is 0 Å². The highest BCUT2D eigenvalue weighted by atomic mass is 14.0. The molecular weight excluding hydrogens is 204 g/mol. The summed E-state index contributed by atoms with van der Waals surface area (Å²) in [6, 6.07) is 9.15. The summed E-state index contributed by atoms with van der Waals surface area (Å²) in [7, 11) is 0. The molecule has 0 saturated heterocycles. The molecule has 0 N–H and O–H groups in total. The monoisotopic (exact) mass is 229 g/mol. The second-order valence-corrected chi connectivity index (χ2v) is 4.76. The van der Waals surface area contributed by atoms with Crippen molar-refractivity contribution in [3.63, 3.8) is 0 Å². The molecule has 17 heavy (non-hydrogen) atoms. The molecular formula is C17H25. The molecule has 0 heteroatoms. The fourth-order valence-electron chi connectivity index (χ4n) is 2.04. The summed E-state index contributed by atoms with van der Waals surface area (Å²) in [5.41, 5.74) is 2.94. The SMILES string of the molecule is [CH]=CCCCCc1ccc(CCCCC)cc1. The minimum absolute atomic E-state index is 1.04. The van der Waals surface area contributed by atoms with E-state index < -0.39 is 0 Å². The van der Waals surface area contributed by atoms with Crippen LogP contribution >= 0.6 is 0 Å². The minimum Gasteiger partial charge on any atom is -0.0845 e. The van der Waals surface area contributed by atoms with Crippen LogP contribution in [0.2, 0.25) is 0 Å². The molecule has 0 aromatic heterocycles. The lowest BCUT2D eigenvalue weighted by atomic mass is 10.0. The predicted molar refractivity (Wildman–Crippen MR) is 76.1 cm³/mol. The van der Waals surface area contributed by atoms with E-state index in [1.54, 1.807) is 6.08 Å². The Morgan fingerprint density at radius 2 is 1.41 bits per heavy atom. The van der Waals surface area contributed by atoms with Gasteiger partial charge in [-0.2, -0.15) is 0 Å². The van der Waals surface area contributed by atoms with Crippen LogP contribution < -0.4 is 0 Å². The van der Waals surface area contributed by atoms with Gasteiger partial charge in [0.2, 0.25) is 0 Å². The normalized spacial score (nSPS) is 10.4. The summed E-state index contributed by atoms with van der Waals surface area (Å²) in [5.74, 6) is 0. The zero-order chi connectivity index (χ0) is 12.3. The number of hydrogen-bond acceptors (Lipinski definition) is 0. The molecule has 0 atom stereocenters. The zero-order valence-electron chi connectivity index (χ0n) is 11.1. The maximum atomic E-state index is 5.36. The second kappa shape index (κ2) is 9.04. The van der Waals surface area contributed by atoms with E-state index in [0.29, 0.717) is 0 Å². The summed E-state index contributed by atoms with van der Waals surface area (Å²) >= 11 is 0. The van der Waals surface area contributed by atoms with Gasteiger partial charge in [0, 0.05) is 0 Å². The van der Waals surface area contributed by atoms with E-state index in [1.807, 2.05) is 0 Å². The predicted octanol–water partition coefficient (Wildman–Crippen LogP) is 5.12. The van der Waals surface area contributed by atoms with E-state index in [2.05, 4.69) is 31.2 Å². The Kier molecular flexibility index (Phi) is 7.46. The molecule has 0 nitrogen and oxygen atoms in total. The van der Waals surface area contributed by atoms with Crippen molar-refractivity contribution >= 4 is 0 Å². The maximum absolute atomic E-state index is 5.36. The van der Waals surface area contributed by atoms with Gasteiger partial charge in [0.1, 0.15) is 0 Å². The fraction of sp³-hybridized carbons (Fsp3) is 0.529. The van der Waals surface area contributed by atoms with Crippen molar-refractivity contribution in [1.82, 2.24) is 0 Å². The Bertz CT molecular complexity index is 294. The number of benzene rings is 1. The first-order valence-corrected chi connectivity index (χ1v) is 6.98. The van der Waals surface area contributed by atoms with Crippen LogP contribution in [-0.2, 0) is 12.8 Å². The van der Waals surface area contributed by atoms with Crippen molar-refractivity contribution in [2.45, 2.75) is 58.3 Å². The van der Waals surface area contributed by atoms with Gasteiger partial charge in [0.25, 0.3) is 0 Å². The average Bonchev–Trinajstić information content (AvgIpc) is 2.37. The number of rotatable bonds is 9. The number of aryl methyl sites for hydroxylation is 2. The summed E-state index contributed by atoms with van der Waals surface area (Å²) in [6.45, 7) is 7.61. The Labute approximate surface area is 107 Å². The molecule has 0 unspecified atom stereocenters. The highest BCUT2D eigenvalue weighted by Crippen LogP contribution is 2.11. The van der Waals surface area contributed by atoms with Crippen molar-refractivity contribution in [2.24, 2.45) is 0 Å². The van der Waals surface area contributed by atoms with Crippen LogP contribution in [0.15, 0.2) is 30.3 Å². The first-order chi connectivity index (χ1) is 8.36. The van der Waals surface area contributed by atoms with E-state index in [4.69, 9.17) is 6.58 Å². The molecule has 0 saturated carbocycles. The lowest BCUT2D eigenvalue weighted by molar-refractivity contribution is 0.716. The third-order valence-corrected chi connectivity index (χ3v) is 3.18. The third-order valence-electron chi connectivity index (χ3n) is 3.18. The summed E-state index contributed by atoms with van der Waals surface area (Å²) in [6.07, 6.45) is 11.6. The Morgan fingerprint density at radius 3 is 1.88 bits per heavy atom. The second-order valence-electron chi connectivity index (χ2n) is 4.76. The standard InChI is InChI=1S/C17H25/c1-3-5-7-9-11-17-14-12-16(13-15-17)10-8-6-4-2/h1,3,12-15H,4-11H2,2H3. The Balaban J connectivity index is 2.26. The number of unbranched alkanes of at least 4 members (excludes halogenated alkanes) is 4. The molecule has 1 rings (SSSR count). The van der Waals surface area contributed by atoms with Gasteiger partial charge in [-0.05, 0) is 49.7 Å². The van der Waals surface area contributed by atoms with Crippen LogP contribution in [0, 0.1) is 6.58 Å². The molecule has 0 amide bonds. The lowest BCUT2D eigenvalue weighted by Crippen LogP contribution is -1.89. The molecule has 0 aliphatic carbocycles. The van der Waals surface area contributed by atoms with Crippen LogP contribution in [0.4, 0.5) is 0 Å². The quantitative estimate of drug-likeness (QED) is 0.515. The van der Waals surface area contributed by atoms with E-state index in [0.717, 1.165) is 6.42 Å². The van der Waals surface area contributed by atoms with Crippen molar-refractivity contribution in [3.8, 4) is 0 Å². The van der Waals surface area contributed by atoms with Crippen molar-refractivity contribution in [1.29, 1.82) is 0 Å². The van der Waals surface area contributed by atoms with Crippen molar-refractivity contribution in [3.05, 3.63) is 48.0 Å². The van der Waals surface area contributed by atoms with E-state index in [-0.39, 0.29) is 0 Å². The van der Waals surface area contributed by atoms with Crippen molar-refractivity contribution < 1.29 is 0 Å². The molecule has 93 valence electrons. The highest BCUT2D eigenvalue weighted by molar-refractivity contribution is 5.22. The Hall–Kier alpha value is -1.04. The lowest BCUT2D eigenvalue weighted by Gasteiger charge is -2.04. The topological polar surface area (TPSA) is 0 Å².